The summed E-state index contributed by atoms with van der Waals surface area (Å²) in [5, 5.41) is 8.92. The number of nitriles is 1. The second-order valence-corrected chi connectivity index (χ2v) is 6.94. The zero-order chi connectivity index (χ0) is 21.0. The van der Waals surface area contributed by atoms with E-state index in [0.717, 1.165) is 6.07 Å². The normalized spacial score (nSPS) is 11.0. The standard InChI is InChI=1S/C19H14F2N4O3S/c20-15-7-11(2-1-5-24-29(27)28)6-14(18(15)21)19(26)12-3-4-16-17(8-12)25-13(9-22)10-23-16/h3-4,6-8,10,29H,1-2,5H2,(H,24,27,28). The molecule has 0 aliphatic rings. The maximum Gasteiger partial charge on any atom is 0.201 e. The number of halogens is 2. The van der Waals surface area contributed by atoms with Crippen molar-refractivity contribution in [2.24, 2.45) is 0 Å². The highest BCUT2D eigenvalue weighted by Crippen LogP contribution is 2.21. The average Bonchev–Trinajstić information content (AvgIpc) is 2.72. The van der Waals surface area contributed by atoms with Crippen LogP contribution in [0.1, 0.15) is 33.6 Å². The number of hydrogen-bond acceptors (Lipinski definition) is 6. The molecular weight excluding hydrogens is 402 g/mol. The van der Waals surface area contributed by atoms with E-state index in [2.05, 4.69) is 14.7 Å². The molecule has 7 nitrogen and oxygen atoms in total. The van der Waals surface area contributed by atoms with E-state index in [1.54, 1.807) is 0 Å². The monoisotopic (exact) mass is 416 g/mol. The third-order valence-electron chi connectivity index (χ3n) is 4.13. The SMILES string of the molecule is N#Cc1cnc2ccc(C(=O)c3cc(CCCN[SH](=O)=O)cc(F)c3F)cc2n1. The lowest BCUT2D eigenvalue weighted by molar-refractivity contribution is 0.103. The Balaban J connectivity index is 1.91. The third kappa shape index (κ3) is 4.77. The van der Waals surface area contributed by atoms with Gasteiger partial charge in [-0.15, -0.1) is 0 Å². The second kappa shape index (κ2) is 8.81. The number of carbonyl (C=O) groups is 1. The van der Waals surface area contributed by atoms with Gasteiger partial charge in [0, 0.05) is 12.1 Å². The van der Waals surface area contributed by atoms with Gasteiger partial charge in [-0.25, -0.2) is 26.9 Å². The van der Waals surface area contributed by atoms with Crippen LogP contribution in [0.5, 0.6) is 0 Å². The minimum Gasteiger partial charge on any atom is -0.288 e. The summed E-state index contributed by atoms with van der Waals surface area (Å²) in [6, 6.07) is 8.36. The topological polar surface area (TPSA) is 113 Å². The average molecular weight is 416 g/mol. The van der Waals surface area contributed by atoms with Crippen LogP contribution in [-0.2, 0) is 17.3 Å². The van der Waals surface area contributed by atoms with Crippen molar-refractivity contribution in [3.8, 4) is 6.07 Å². The molecule has 29 heavy (non-hydrogen) atoms. The van der Waals surface area contributed by atoms with Gasteiger partial charge in [0.05, 0.1) is 22.8 Å². The van der Waals surface area contributed by atoms with E-state index < -0.39 is 33.9 Å². The Labute approximate surface area is 166 Å². The highest BCUT2D eigenvalue weighted by Gasteiger charge is 2.19. The number of aryl methyl sites for hydroxylation is 1. The highest BCUT2D eigenvalue weighted by molar-refractivity contribution is 7.70. The van der Waals surface area contributed by atoms with E-state index in [-0.39, 0.29) is 29.7 Å². The summed E-state index contributed by atoms with van der Waals surface area (Å²) in [5.74, 6) is -3.17. The maximum atomic E-state index is 14.3. The molecule has 2 aromatic carbocycles. The Kier molecular flexibility index (Phi) is 6.21. The molecule has 0 spiro atoms. The van der Waals surface area contributed by atoms with Crippen LogP contribution in [-0.4, -0.2) is 30.7 Å². The van der Waals surface area contributed by atoms with Crippen molar-refractivity contribution in [1.82, 2.24) is 14.7 Å². The van der Waals surface area contributed by atoms with Crippen LogP contribution in [0.15, 0.2) is 36.5 Å². The summed E-state index contributed by atoms with van der Waals surface area (Å²) in [5.41, 5.74) is 0.793. The number of ketones is 1. The van der Waals surface area contributed by atoms with Crippen molar-refractivity contribution < 1.29 is 22.0 Å². The van der Waals surface area contributed by atoms with E-state index in [1.807, 2.05) is 6.07 Å². The van der Waals surface area contributed by atoms with Gasteiger partial charge in [-0.1, -0.05) is 0 Å². The van der Waals surface area contributed by atoms with Gasteiger partial charge < -0.3 is 0 Å². The van der Waals surface area contributed by atoms with Gasteiger partial charge in [0.2, 0.25) is 10.9 Å². The van der Waals surface area contributed by atoms with Gasteiger partial charge in [0.1, 0.15) is 6.07 Å². The third-order valence-corrected chi connectivity index (χ3v) is 4.62. The Hall–Kier alpha value is -3.29. The molecule has 1 heterocycles. The molecule has 0 radical (unpaired) electrons. The number of fused-ring (bicyclic) bond motifs is 1. The molecule has 10 heteroatoms. The summed E-state index contributed by atoms with van der Waals surface area (Å²) < 4.78 is 51.5. The summed E-state index contributed by atoms with van der Waals surface area (Å²) >= 11 is 0. The van der Waals surface area contributed by atoms with Crippen LogP contribution >= 0.6 is 0 Å². The van der Waals surface area contributed by atoms with Crippen LogP contribution in [0.25, 0.3) is 11.0 Å². The summed E-state index contributed by atoms with van der Waals surface area (Å²) in [6.45, 7) is 0.144. The number of thiol groups is 1. The number of carbonyl (C=O) groups excluding carboxylic acids is 1. The minimum atomic E-state index is -2.73. The molecule has 0 atom stereocenters. The molecular formula is C19H14F2N4O3S. The van der Waals surface area contributed by atoms with Gasteiger partial charge in [-0.3, -0.25) is 9.78 Å². The quantitative estimate of drug-likeness (QED) is 0.346. The predicted octanol–water partition coefficient (Wildman–Crippen LogP) is 2.06. The largest absolute Gasteiger partial charge is 0.288 e. The Morgan fingerprint density at radius 1 is 1.17 bits per heavy atom. The van der Waals surface area contributed by atoms with E-state index in [1.165, 1.54) is 30.5 Å². The van der Waals surface area contributed by atoms with Crippen LogP contribution in [0.3, 0.4) is 0 Å². The van der Waals surface area contributed by atoms with Gasteiger partial charge >= 0.3 is 0 Å². The van der Waals surface area contributed by atoms with Crippen molar-refractivity contribution in [3.63, 3.8) is 0 Å². The van der Waals surface area contributed by atoms with Crippen LogP contribution in [0.4, 0.5) is 8.78 Å². The molecule has 0 amide bonds. The number of aromatic nitrogens is 2. The lowest BCUT2D eigenvalue weighted by atomic mass is 9.98. The molecule has 1 N–H and O–H groups in total. The molecule has 0 unspecified atom stereocenters. The molecule has 3 rings (SSSR count). The fourth-order valence-electron chi connectivity index (χ4n) is 2.78. The molecule has 1 aromatic heterocycles. The number of nitrogens with zero attached hydrogens (tertiary/aromatic N) is 3. The first-order valence-electron chi connectivity index (χ1n) is 8.46. The van der Waals surface area contributed by atoms with Crippen LogP contribution in [0, 0.1) is 23.0 Å². The van der Waals surface area contributed by atoms with E-state index in [9.17, 15) is 22.0 Å². The molecule has 0 saturated heterocycles. The van der Waals surface area contributed by atoms with E-state index in [4.69, 9.17) is 5.26 Å². The summed E-state index contributed by atoms with van der Waals surface area (Å²) in [6.07, 6.45) is 1.90. The summed E-state index contributed by atoms with van der Waals surface area (Å²) in [4.78, 5) is 20.9. The number of hydrogen-bond donors (Lipinski definition) is 2. The molecule has 0 bridgehead atoms. The van der Waals surface area contributed by atoms with Crippen molar-refractivity contribution in [1.29, 1.82) is 5.26 Å². The van der Waals surface area contributed by atoms with Gasteiger partial charge in [0.15, 0.2) is 23.1 Å². The first-order valence-corrected chi connectivity index (χ1v) is 9.64. The highest BCUT2D eigenvalue weighted by atomic mass is 32.2. The second-order valence-electron chi connectivity index (χ2n) is 6.11. The van der Waals surface area contributed by atoms with E-state index >= 15 is 0 Å². The van der Waals surface area contributed by atoms with Crippen molar-refractivity contribution in [2.45, 2.75) is 12.8 Å². The molecule has 0 aliphatic heterocycles. The van der Waals surface area contributed by atoms with Crippen molar-refractivity contribution >= 4 is 27.7 Å². The lowest BCUT2D eigenvalue weighted by Crippen LogP contribution is -2.13. The molecule has 0 aliphatic carbocycles. The lowest BCUT2D eigenvalue weighted by Gasteiger charge is -2.08. The van der Waals surface area contributed by atoms with E-state index in [0.29, 0.717) is 17.5 Å². The van der Waals surface area contributed by atoms with Gasteiger partial charge in [-0.05, 0) is 48.7 Å². The van der Waals surface area contributed by atoms with Crippen molar-refractivity contribution in [2.75, 3.05) is 6.54 Å². The zero-order valence-corrected chi connectivity index (χ0v) is 15.7. The first-order chi connectivity index (χ1) is 13.9. The van der Waals surface area contributed by atoms with Crippen LogP contribution < -0.4 is 4.72 Å². The fourth-order valence-corrected chi connectivity index (χ4v) is 3.12. The van der Waals surface area contributed by atoms with Gasteiger partial charge in [0.25, 0.3) is 0 Å². The molecule has 0 fully saturated rings. The van der Waals surface area contributed by atoms with Crippen LogP contribution in [0.2, 0.25) is 0 Å². The number of nitrogens with one attached hydrogen (secondary N) is 1. The molecule has 0 saturated carbocycles. The zero-order valence-electron chi connectivity index (χ0n) is 14.9. The maximum absolute atomic E-state index is 14.3. The molecule has 3 aromatic rings. The number of benzene rings is 2. The Morgan fingerprint density at radius 2 is 1.97 bits per heavy atom. The van der Waals surface area contributed by atoms with Gasteiger partial charge in [-0.2, -0.15) is 5.26 Å². The number of rotatable bonds is 7. The Bertz CT molecular complexity index is 1210. The molecule has 148 valence electrons. The minimum absolute atomic E-state index is 0.0646. The van der Waals surface area contributed by atoms with Crippen molar-refractivity contribution in [3.05, 3.63) is 70.5 Å². The Morgan fingerprint density at radius 3 is 2.69 bits per heavy atom. The smallest absolute Gasteiger partial charge is 0.201 e. The fraction of sp³-hybridized carbons (Fsp3) is 0.158. The first kappa shape index (κ1) is 20.4. The predicted molar refractivity (Wildman–Crippen MR) is 101 cm³/mol. The summed E-state index contributed by atoms with van der Waals surface area (Å²) in [7, 11) is -2.73.